The van der Waals surface area contributed by atoms with Gasteiger partial charge in [0.15, 0.2) is 0 Å². The number of hydrogen-bond donors (Lipinski definition) is 3. The van der Waals surface area contributed by atoms with Crippen LogP contribution in [0.25, 0.3) is 0 Å². The number of rotatable bonds is 3. The summed E-state index contributed by atoms with van der Waals surface area (Å²) in [6.07, 6.45) is 0. The monoisotopic (exact) mass is 248 g/mol. The van der Waals surface area contributed by atoms with E-state index in [4.69, 9.17) is 5.11 Å². The molecule has 0 aromatic heterocycles. The third-order valence-electron chi connectivity index (χ3n) is 3.06. The molecule has 0 fully saturated rings. The van der Waals surface area contributed by atoms with Gasteiger partial charge >= 0.3 is 5.97 Å². The zero-order valence-electron chi connectivity index (χ0n) is 10.4. The predicted molar refractivity (Wildman–Crippen MR) is 66.2 cm³/mol. The quantitative estimate of drug-likeness (QED) is 0.742. The van der Waals surface area contributed by atoms with Crippen molar-refractivity contribution in [2.24, 2.45) is 0 Å². The van der Waals surface area contributed by atoms with Gasteiger partial charge in [0.05, 0.1) is 0 Å². The van der Waals surface area contributed by atoms with Crippen LogP contribution in [-0.2, 0) is 17.9 Å². The minimum Gasteiger partial charge on any atom is -0.480 e. The molecule has 0 unspecified atom stereocenters. The van der Waals surface area contributed by atoms with Crippen molar-refractivity contribution in [2.75, 3.05) is 0 Å². The molecule has 0 atom stereocenters. The van der Waals surface area contributed by atoms with Crippen LogP contribution in [0.4, 0.5) is 0 Å². The normalized spacial score (nSPS) is 14.1. The molecular formula is C13H16N2O3. The van der Waals surface area contributed by atoms with Gasteiger partial charge in [-0.15, -0.1) is 0 Å². The molecule has 0 spiro atoms. The number of nitrogens with one attached hydrogen (secondary N) is 2. The van der Waals surface area contributed by atoms with E-state index in [1.807, 2.05) is 12.1 Å². The lowest BCUT2D eigenvalue weighted by atomic mass is 10.0. The summed E-state index contributed by atoms with van der Waals surface area (Å²) < 4.78 is 0. The van der Waals surface area contributed by atoms with Crippen molar-refractivity contribution in [3.05, 3.63) is 34.9 Å². The van der Waals surface area contributed by atoms with E-state index in [0.717, 1.165) is 18.7 Å². The maximum Gasteiger partial charge on any atom is 0.328 e. The Kier molecular flexibility index (Phi) is 3.09. The van der Waals surface area contributed by atoms with Crippen LogP contribution in [-0.4, -0.2) is 22.5 Å². The Morgan fingerprint density at radius 3 is 2.61 bits per heavy atom. The second-order valence-electron chi connectivity index (χ2n) is 4.97. The summed E-state index contributed by atoms with van der Waals surface area (Å²) in [6.45, 7) is 4.49. The number of hydrogen-bond acceptors (Lipinski definition) is 3. The van der Waals surface area contributed by atoms with E-state index in [-0.39, 0.29) is 5.91 Å². The van der Waals surface area contributed by atoms with Crippen LogP contribution in [0, 0.1) is 0 Å². The van der Waals surface area contributed by atoms with E-state index < -0.39 is 11.5 Å². The van der Waals surface area contributed by atoms with Gasteiger partial charge in [0.25, 0.3) is 5.91 Å². The number of carbonyl (C=O) groups excluding carboxylic acids is 1. The van der Waals surface area contributed by atoms with Gasteiger partial charge in [-0.3, -0.25) is 4.79 Å². The van der Waals surface area contributed by atoms with Crippen LogP contribution in [0.2, 0.25) is 0 Å². The molecular weight excluding hydrogens is 232 g/mol. The first-order valence-electron chi connectivity index (χ1n) is 5.78. The number of fused-ring (bicyclic) bond motifs is 1. The zero-order chi connectivity index (χ0) is 13.3. The van der Waals surface area contributed by atoms with Crippen molar-refractivity contribution < 1.29 is 14.7 Å². The molecule has 1 aliphatic rings. The number of amides is 1. The Balaban J connectivity index is 2.17. The van der Waals surface area contributed by atoms with Crippen molar-refractivity contribution in [1.29, 1.82) is 0 Å². The number of benzene rings is 1. The Bertz CT molecular complexity index is 509. The molecule has 3 N–H and O–H groups in total. The second kappa shape index (κ2) is 4.42. The van der Waals surface area contributed by atoms with E-state index in [2.05, 4.69) is 10.6 Å². The van der Waals surface area contributed by atoms with E-state index in [1.165, 1.54) is 19.4 Å². The van der Waals surface area contributed by atoms with Gasteiger partial charge in [-0.2, -0.15) is 0 Å². The fraction of sp³-hybridized carbons (Fsp3) is 0.385. The Morgan fingerprint density at radius 1 is 1.28 bits per heavy atom. The SMILES string of the molecule is CC(C)(NC(=O)c1ccc2c(c1)CNC2)C(=O)O. The first kappa shape index (κ1) is 12.6. The molecule has 0 saturated carbocycles. The summed E-state index contributed by atoms with van der Waals surface area (Å²) in [5, 5.41) is 14.7. The second-order valence-corrected chi connectivity index (χ2v) is 4.97. The van der Waals surface area contributed by atoms with Crippen molar-refractivity contribution >= 4 is 11.9 Å². The molecule has 1 aromatic rings. The van der Waals surface area contributed by atoms with Gasteiger partial charge in [-0.25, -0.2) is 4.79 Å². The predicted octanol–water partition coefficient (Wildman–Crippen LogP) is 0.883. The first-order chi connectivity index (χ1) is 8.40. The fourth-order valence-corrected chi connectivity index (χ4v) is 1.85. The zero-order valence-corrected chi connectivity index (χ0v) is 10.4. The lowest BCUT2D eigenvalue weighted by Gasteiger charge is -2.21. The van der Waals surface area contributed by atoms with Crippen molar-refractivity contribution in [1.82, 2.24) is 10.6 Å². The van der Waals surface area contributed by atoms with E-state index in [1.54, 1.807) is 6.07 Å². The van der Waals surface area contributed by atoms with Crippen molar-refractivity contribution in [2.45, 2.75) is 32.5 Å². The summed E-state index contributed by atoms with van der Waals surface area (Å²) in [4.78, 5) is 22.9. The van der Waals surface area contributed by atoms with Crippen molar-refractivity contribution in [3.8, 4) is 0 Å². The van der Waals surface area contributed by atoms with Crippen LogP contribution in [0.5, 0.6) is 0 Å². The number of aliphatic carboxylic acids is 1. The summed E-state index contributed by atoms with van der Waals surface area (Å²) in [5.41, 5.74) is 1.50. The average Bonchev–Trinajstić information content (AvgIpc) is 2.74. The molecule has 1 amide bonds. The molecule has 96 valence electrons. The van der Waals surface area contributed by atoms with Gasteiger partial charge in [0, 0.05) is 18.7 Å². The Hall–Kier alpha value is -1.88. The number of carbonyl (C=O) groups is 2. The molecule has 1 aromatic carbocycles. The first-order valence-corrected chi connectivity index (χ1v) is 5.78. The minimum absolute atomic E-state index is 0.364. The summed E-state index contributed by atoms with van der Waals surface area (Å²) in [7, 11) is 0. The van der Waals surface area contributed by atoms with Crippen LogP contribution in [0.15, 0.2) is 18.2 Å². The highest BCUT2D eigenvalue weighted by Crippen LogP contribution is 2.17. The summed E-state index contributed by atoms with van der Waals surface area (Å²) >= 11 is 0. The molecule has 5 nitrogen and oxygen atoms in total. The molecule has 2 rings (SSSR count). The molecule has 1 heterocycles. The van der Waals surface area contributed by atoms with Gasteiger partial charge in [-0.05, 0) is 37.1 Å². The van der Waals surface area contributed by atoms with Crippen LogP contribution >= 0.6 is 0 Å². The molecule has 0 saturated heterocycles. The maximum absolute atomic E-state index is 12.0. The Morgan fingerprint density at radius 2 is 1.94 bits per heavy atom. The highest BCUT2D eigenvalue weighted by molar-refractivity contribution is 5.97. The van der Waals surface area contributed by atoms with Crippen molar-refractivity contribution in [3.63, 3.8) is 0 Å². The number of carboxylic acids is 1. The maximum atomic E-state index is 12.0. The van der Waals surface area contributed by atoms with E-state index in [9.17, 15) is 9.59 Å². The third-order valence-corrected chi connectivity index (χ3v) is 3.06. The average molecular weight is 248 g/mol. The molecule has 5 heteroatoms. The van der Waals surface area contributed by atoms with Gasteiger partial charge in [0.1, 0.15) is 5.54 Å². The van der Waals surface area contributed by atoms with Gasteiger partial charge in [0.2, 0.25) is 0 Å². The topological polar surface area (TPSA) is 78.4 Å². The van der Waals surface area contributed by atoms with E-state index in [0.29, 0.717) is 5.56 Å². The fourth-order valence-electron chi connectivity index (χ4n) is 1.85. The Labute approximate surface area is 105 Å². The van der Waals surface area contributed by atoms with Crippen LogP contribution in [0.1, 0.15) is 35.3 Å². The largest absolute Gasteiger partial charge is 0.480 e. The molecule has 1 aliphatic heterocycles. The van der Waals surface area contributed by atoms with Crippen LogP contribution in [0.3, 0.4) is 0 Å². The van der Waals surface area contributed by atoms with Crippen LogP contribution < -0.4 is 10.6 Å². The molecule has 0 bridgehead atoms. The molecule has 0 radical (unpaired) electrons. The van der Waals surface area contributed by atoms with E-state index >= 15 is 0 Å². The van der Waals surface area contributed by atoms with Gasteiger partial charge in [-0.1, -0.05) is 6.07 Å². The highest BCUT2D eigenvalue weighted by Gasteiger charge is 2.29. The third kappa shape index (κ3) is 2.36. The molecule has 0 aliphatic carbocycles. The smallest absolute Gasteiger partial charge is 0.328 e. The molecule has 18 heavy (non-hydrogen) atoms. The van der Waals surface area contributed by atoms with Gasteiger partial charge < -0.3 is 15.7 Å². The lowest BCUT2D eigenvalue weighted by Crippen LogP contribution is -2.49. The number of carboxylic acid groups (broad SMARTS) is 1. The summed E-state index contributed by atoms with van der Waals surface area (Å²) in [5.74, 6) is -1.42. The summed E-state index contributed by atoms with van der Waals surface area (Å²) in [6, 6.07) is 5.43. The minimum atomic E-state index is -1.27. The highest BCUT2D eigenvalue weighted by atomic mass is 16.4. The standard InChI is InChI=1S/C13H16N2O3/c1-13(2,12(17)18)15-11(16)8-3-4-9-6-14-7-10(9)5-8/h3-5,14H,6-7H2,1-2H3,(H,15,16)(H,17,18). The lowest BCUT2D eigenvalue weighted by molar-refractivity contribution is -0.143.